The second-order valence-electron chi connectivity index (χ2n) is 4.28. The average Bonchev–Trinajstić information content (AvgIpc) is 2.75. The molecule has 1 saturated heterocycles. The zero-order chi connectivity index (χ0) is 14.3. The second kappa shape index (κ2) is 7.56. The van der Waals surface area contributed by atoms with Crippen LogP contribution in [0, 0.1) is 0 Å². The number of esters is 1. The van der Waals surface area contributed by atoms with Crippen molar-refractivity contribution in [2.75, 3.05) is 13.2 Å². The van der Waals surface area contributed by atoms with E-state index in [2.05, 4.69) is 0 Å². The molecule has 0 aromatic heterocycles. The molecule has 0 aliphatic carbocycles. The first kappa shape index (κ1) is 15.2. The number of hydrogen-bond acceptors (Lipinski definition) is 4. The summed E-state index contributed by atoms with van der Waals surface area (Å²) in [6, 6.07) is -0.804. The van der Waals surface area contributed by atoms with Crippen LogP contribution in [0.25, 0.3) is 0 Å². The molecule has 6 heteroatoms. The van der Waals surface area contributed by atoms with Crippen LogP contribution in [-0.4, -0.2) is 47.0 Å². The van der Waals surface area contributed by atoms with Crippen LogP contribution in [0.3, 0.4) is 0 Å². The lowest BCUT2D eigenvalue weighted by molar-refractivity contribution is -0.148. The van der Waals surface area contributed by atoms with Crippen LogP contribution in [0.1, 0.15) is 32.6 Å². The molecule has 1 rings (SSSR count). The molecular weight excluding hydrogens is 250 g/mol. The van der Waals surface area contributed by atoms with Gasteiger partial charge in [-0.15, -0.1) is 0 Å². The van der Waals surface area contributed by atoms with Gasteiger partial charge in [-0.05, 0) is 26.2 Å². The standard InChI is InChI=1S/C13H19NO5/c1-2-19-12(16)8-4-3-6-10(13(17)18)14-9-5-7-11(14)15/h4,8,10H,2-3,5-7,9H2,1H3,(H,17,18)/t10-/m0/s1. The third-order valence-corrected chi connectivity index (χ3v) is 2.92. The number of carbonyl (C=O) groups excluding carboxylic acids is 2. The third kappa shape index (κ3) is 4.73. The molecule has 0 saturated carbocycles. The van der Waals surface area contributed by atoms with Crippen molar-refractivity contribution in [2.24, 2.45) is 0 Å². The summed E-state index contributed by atoms with van der Waals surface area (Å²) in [5, 5.41) is 9.13. The summed E-state index contributed by atoms with van der Waals surface area (Å²) >= 11 is 0. The van der Waals surface area contributed by atoms with Crippen LogP contribution in [0.15, 0.2) is 12.2 Å². The predicted molar refractivity (Wildman–Crippen MR) is 67.4 cm³/mol. The predicted octanol–water partition coefficient (Wildman–Crippen LogP) is 0.961. The van der Waals surface area contributed by atoms with Crippen LogP contribution >= 0.6 is 0 Å². The summed E-state index contributed by atoms with van der Waals surface area (Å²) in [6.07, 6.45) is 4.71. The first-order valence-electron chi connectivity index (χ1n) is 6.41. The van der Waals surface area contributed by atoms with E-state index in [9.17, 15) is 14.4 Å². The smallest absolute Gasteiger partial charge is 0.330 e. The van der Waals surface area contributed by atoms with Gasteiger partial charge in [-0.2, -0.15) is 0 Å². The maximum atomic E-state index is 11.5. The normalized spacial score (nSPS) is 16.9. The topological polar surface area (TPSA) is 83.9 Å². The van der Waals surface area contributed by atoms with Gasteiger partial charge in [-0.3, -0.25) is 4.79 Å². The average molecular weight is 269 g/mol. The number of ether oxygens (including phenoxy) is 1. The van der Waals surface area contributed by atoms with Crippen LogP contribution in [-0.2, 0) is 19.1 Å². The van der Waals surface area contributed by atoms with Crippen molar-refractivity contribution in [3.63, 3.8) is 0 Å². The van der Waals surface area contributed by atoms with E-state index in [1.807, 2.05) is 0 Å². The highest BCUT2D eigenvalue weighted by Gasteiger charge is 2.31. The van der Waals surface area contributed by atoms with Crippen LogP contribution < -0.4 is 0 Å². The maximum absolute atomic E-state index is 11.5. The summed E-state index contributed by atoms with van der Waals surface area (Å²) in [5.41, 5.74) is 0. The molecule has 1 N–H and O–H groups in total. The van der Waals surface area contributed by atoms with Crippen molar-refractivity contribution < 1.29 is 24.2 Å². The first-order valence-corrected chi connectivity index (χ1v) is 6.41. The zero-order valence-electron chi connectivity index (χ0n) is 11.0. The minimum Gasteiger partial charge on any atom is -0.480 e. The van der Waals surface area contributed by atoms with E-state index in [-0.39, 0.29) is 5.91 Å². The Morgan fingerprint density at radius 3 is 2.79 bits per heavy atom. The van der Waals surface area contributed by atoms with E-state index < -0.39 is 18.0 Å². The molecule has 1 atom stereocenters. The summed E-state index contributed by atoms with van der Waals surface area (Å²) < 4.78 is 4.71. The highest BCUT2D eigenvalue weighted by Crippen LogP contribution is 2.17. The number of allylic oxidation sites excluding steroid dienone is 1. The molecule has 0 spiro atoms. The molecule has 0 radical (unpaired) electrons. The van der Waals surface area contributed by atoms with Gasteiger partial charge in [0.05, 0.1) is 6.61 Å². The minimum absolute atomic E-state index is 0.109. The fourth-order valence-electron chi connectivity index (χ4n) is 2.04. The molecule has 1 fully saturated rings. The van der Waals surface area contributed by atoms with E-state index in [1.54, 1.807) is 13.0 Å². The Labute approximate surface area is 112 Å². The van der Waals surface area contributed by atoms with Crippen molar-refractivity contribution in [3.05, 3.63) is 12.2 Å². The van der Waals surface area contributed by atoms with E-state index in [0.717, 1.165) is 0 Å². The number of likely N-dealkylation sites (tertiary alicyclic amines) is 1. The molecular formula is C13H19NO5. The number of carboxylic acids is 1. The largest absolute Gasteiger partial charge is 0.480 e. The Morgan fingerprint density at radius 1 is 1.53 bits per heavy atom. The second-order valence-corrected chi connectivity index (χ2v) is 4.28. The fraction of sp³-hybridized carbons (Fsp3) is 0.615. The Bertz CT molecular complexity index is 377. The van der Waals surface area contributed by atoms with Gasteiger partial charge in [0.25, 0.3) is 0 Å². The third-order valence-electron chi connectivity index (χ3n) is 2.92. The van der Waals surface area contributed by atoms with Gasteiger partial charge >= 0.3 is 11.9 Å². The number of amides is 1. The molecule has 0 bridgehead atoms. The van der Waals surface area contributed by atoms with Gasteiger partial charge in [-0.25, -0.2) is 9.59 Å². The Morgan fingerprint density at radius 2 is 2.26 bits per heavy atom. The molecule has 19 heavy (non-hydrogen) atoms. The Balaban J connectivity index is 2.45. The van der Waals surface area contributed by atoms with E-state index in [1.165, 1.54) is 11.0 Å². The first-order chi connectivity index (χ1) is 9.06. The number of hydrogen-bond donors (Lipinski definition) is 1. The molecule has 0 unspecified atom stereocenters. The van der Waals surface area contributed by atoms with E-state index in [0.29, 0.717) is 38.8 Å². The lowest BCUT2D eigenvalue weighted by atomic mass is 10.1. The van der Waals surface area contributed by atoms with Gasteiger partial charge in [0, 0.05) is 19.0 Å². The number of rotatable bonds is 7. The van der Waals surface area contributed by atoms with E-state index >= 15 is 0 Å². The summed E-state index contributed by atoms with van der Waals surface area (Å²) in [6.45, 7) is 2.52. The fourth-order valence-corrected chi connectivity index (χ4v) is 2.04. The van der Waals surface area contributed by atoms with Crippen molar-refractivity contribution in [1.29, 1.82) is 0 Å². The van der Waals surface area contributed by atoms with Crippen molar-refractivity contribution in [1.82, 2.24) is 4.90 Å². The molecule has 6 nitrogen and oxygen atoms in total. The number of carbonyl (C=O) groups is 3. The van der Waals surface area contributed by atoms with Crippen molar-refractivity contribution in [2.45, 2.75) is 38.6 Å². The number of nitrogens with zero attached hydrogens (tertiary/aromatic N) is 1. The summed E-state index contributed by atoms with van der Waals surface area (Å²) in [5.74, 6) is -1.55. The van der Waals surface area contributed by atoms with Crippen molar-refractivity contribution in [3.8, 4) is 0 Å². The highest BCUT2D eigenvalue weighted by molar-refractivity contribution is 5.85. The molecule has 106 valence electrons. The summed E-state index contributed by atoms with van der Waals surface area (Å²) in [4.78, 5) is 35.1. The maximum Gasteiger partial charge on any atom is 0.330 e. The lowest BCUT2D eigenvalue weighted by Crippen LogP contribution is -2.41. The van der Waals surface area contributed by atoms with Crippen LogP contribution in [0.2, 0.25) is 0 Å². The SMILES string of the molecule is CCOC(=O)C=CCC[C@@H](C(=O)O)N1CCCC1=O. The Hall–Kier alpha value is -1.85. The molecule has 1 heterocycles. The van der Waals surface area contributed by atoms with Crippen LogP contribution in [0.4, 0.5) is 0 Å². The lowest BCUT2D eigenvalue weighted by Gasteiger charge is -2.23. The van der Waals surface area contributed by atoms with Crippen LogP contribution in [0.5, 0.6) is 0 Å². The van der Waals surface area contributed by atoms with Gasteiger partial charge in [-0.1, -0.05) is 6.08 Å². The van der Waals surface area contributed by atoms with Crippen molar-refractivity contribution >= 4 is 17.8 Å². The zero-order valence-corrected chi connectivity index (χ0v) is 11.0. The van der Waals surface area contributed by atoms with Gasteiger partial charge in [0.15, 0.2) is 0 Å². The minimum atomic E-state index is -1.00. The molecule has 0 aromatic carbocycles. The molecule has 1 aliphatic heterocycles. The molecule has 0 aromatic rings. The number of carboxylic acid groups (broad SMARTS) is 1. The Kier molecular flexibility index (Phi) is 6.05. The molecule has 1 aliphatic rings. The monoisotopic (exact) mass is 269 g/mol. The van der Waals surface area contributed by atoms with Gasteiger partial charge < -0.3 is 14.7 Å². The quantitative estimate of drug-likeness (QED) is 0.549. The van der Waals surface area contributed by atoms with Gasteiger partial charge in [0.1, 0.15) is 6.04 Å². The summed E-state index contributed by atoms with van der Waals surface area (Å²) in [7, 11) is 0. The van der Waals surface area contributed by atoms with Gasteiger partial charge in [0.2, 0.25) is 5.91 Å². The van der Waals surface area contributed by atoms with E-state index in [4.69, 9.17) is 9.84 Å². The number of aliphatic carboxylic acids is 1. The highest BCUT2D eigenvalue weighted by atomic mass is 16.5. The molecule has 1 amide bonds.